The van der Waals surface area contributed by atoms with E-state index in [-0.39, 0.29) is 17.5 Å². The summed E-state index contributed by atoms with van der Waals surface area (Å²) in [6.07, 6.45) is 0.233. The Labute approximate surface area is 112 Å². The number of fused-ring (bicyclic) bond motifs is 1. The molecule has 1 aliphatic heterocycles. The summed E-state index contributed by atoms with van der Waals surface area (Å²) < 4.78 is 28.4. The minimum Gasteiger partial charge on any atom is -0.487 e. The first kappa shape index (κ1) is 12.9. The van der Waals surface area contributed by atoms with Gasteiger partial charge in [0.05, 0.1) is 11.5 Å². The van der Waals surface area contributed by atoms with Gasteiger partial charge in [0, 0.05) is 6.04 Å². The molecule has 0 aromatic heterocycles. The van der Waals surface area contributed by atoms with Crippen molar-refractivity contribution < 1.29 is 18.3 Å². The summed E-state index contributed by atoms with van der Waals surface area (Å²) >= 11 is 0. The van der Waals surface area contributed by atoms with Gasteiger partial charge < -0.3 is 15.6 Å². The monoisotopic (exact) mass is 283 g/mol. The van der Waals surface area contributed by atoms with E-state index in [4.69, 9.17) is 10.5 Å². The number of sulfone groups is 1. The summed E-state index contributed by atoms with van der Waals surface area (Å²) in [4.78, 5) is 0. The third kappa shape index (κ3) is 2.48. The third-order valence-corrected chi connectivity index (χ3v) is 5.48. The number of ether oxygens (including phenoxy) is 1. The first-order valence-electron chi connectivity index (χ1n) is 6.38. The van der Waals surface area contributed by atoms with Gasteiger partial charge in [0.15, 0.2) is 9.84 Å². The van der Waals surface area contributed by atoms with Crippen LogP contribution < -0.4 is 10.5 Å². The maximum atomic E-state index is 11.4. The van der Waals surface area contributed by atoms with E-state index in [0.717, 1.165) is 24.0 Å². The number of nitrogens with two attached hydrogens (primary N) is 1. The largest absolute Gasteiger partial charge is 0.487 e. The number of benzene rings is 1. The van der Waals surface area contributed by atoms with Crippen molar-refractivity contribution in [2.24, 2.45) is 5.73 Å². The van der Waals surface area contributed by atoms with Crippen molar-refractivity contribution in [1.29, 1.82) is 0 Å². The number of aliphatic hydroxyl groups is 1. The average molecular weight is 283 g/mol. The summed E-state index contributed by atoms with van der Waals surface area (Å²) in [5.41, 5.74) is 8.24. The van der Waals surface area contributed by atoms with Gasteiger partial charge in [-0.2, -0.15) is 0 Å². The van der Waals surface area contributed by atoms with E-state index < -0.39 is 22.0 Å². The quantitative estimate of drug-likeness (QED) is 0.807. The standard InChI is InChI=1S/C13H17NO4S/c14-11-4-1-8-5-9(2-3-10(8)11)18-13-7-19(16,17)6-12(13)15/h2-3,5,11-13,15H,1,4,6-7,14H2/t11-,12?,13?/m0/s1. The summed E-state index contributed by atoms with van der Waals surface area (Å²) in [5, 5.41) is 9.70. The van der Waals surface area contributed by atoms with Crippen molar-refractivity contribution in [2.45, 2.75) is 31.1 Å². The molecule has 104 valence electrons. The third-order valence-electron chi connectivity index (χ3n) is 3.80. The number of hydrogen-bond acceptors (Lipinski definition) is 5. The second-order valence-electron chi connectivity index (χ2n) is 5.31. The summed E-state index contributed by atoms with van der Waals surface area (Å²) in [7, 11) is -3.18. The smallest absolute Gasteiger partial charge is 0.156 e. The molecule has 3 rings (SSSR count). The van der Waals surface area contributed by atoms with Crippen molar-refractivity contribution in [3.05, 3.63) is 29.3 Å². The van der Waals surface area contributed by atoms with Crippen molar-refractivity contribution in [1.82, 2.24) is 0 Å². The SMILES string of the molecule is N[C@H]1CCc2cc(OC3CS(=O)(=O)CC3O)ccc21. The van der Waals surface area contributed by atoms with Crippen LogP contribution in [0, 0.1) is 0 Å². The van der Waals surface area contributed by atoms with Crippen molar-refractivity contribution in [3.8, 4) is 5.75 Å². The van der Waals surface area contributed by atoms with E-state index in [1.807, 2.05) is 12.1 Å². The molecule has 3 atom stereocenters. The van der Waals surface area contributed by atoms with Gasteiger partial charge in [-0.25, -0.2) is 8.42 Å². The molecule has 0 bridgehead atoms. The molecule has 5 nitrogen and oxygen atoms in total. The summed E-state index contributed by atoms with van der Waals surface area (Å²) in [5.74, 6) is 0.270. The first-order chi connectivity index (χ1) is 8.94. The maximum Gasteiger partial charge on any atom is 0.156 e. The van der Waals surface area contributed by atoms with Gasteiger partial charge in [0.25, 0.3) is 0 Å². The molecule has 1 fully saturated rings. The summed E-state index contributed by atoms with van der Waals surface area (Å²) in [6, 6.07) is 5.71. The number of rotatable bonds is 2. The Hall–Kier alpha value is -1.11. The molecule has 1 aromatic rings. The highest BCUT2D eigenvalue weighted by molar-refractivity contribution is 7.91. The van der Waals surface area contributed by atoms with E-state index in [0.29, 0.717) is 5.75 Å². The Kier molecular flexibility index (Phi) is 3.03. The van der Waals surface area contributed by atoms with Crippen LogP contribution in [0.5, 0.6) is 5.75 Å². The molecule has 0 saturated carbocycles. The molecule has 1 saturated heterocycles. The molecule has 1 heterocycles. The zero-order chi connectivity index (χ0) is 13.6. The lowest BCUT2D eigenvalue weighted by Gasteiger charge is -2.16. The first-order valence-corrected chi connectivity index (χ1v) is 8.20. The average Bonchev–Trinajstić information content (AvgIpc) is 2.80. The van der Waals surface area contributed by atoms with Gasteiger partial charge in [0.1, 0.15) is 18.0 Å². The minimum absolute atomic E-state index is 0.0847. The van der Waals surface area contributed by atoms with E-state index in [1.54, 1.807) is 6.07 Å². The minimum atomic E-state index is -3.18. The van der Waals surface area contributed by atoms with Crippen molar-refractivity contribution in [3.63, 3.8) is 0 Å². The van der Waals surface area contributed by atoms with Crippen LogP contribution in [0.25, 0.3) is 0 Å². The van der Waals surface area contributed by atoms with Gasteiger partial charge in [0.2, 0.25) is 0 Å². The zero-order valence-electron chi connectivity index (χ0n) is 10.5. The second kappa shape index (κ2) is 4.47. The van der Waals surface area contributed by atoms with Gasteiger partial charge in [-0.15, -0.1) is 0 Å². The van der Waals surface area contributed by atoms with Gasteiger partial charge in [-0.05, 0) is 36.1 Å². The van der Waals surface area contributed by atoms with Crippen LogP contribution in [0.2, 0.25) is 0 Å². The van der Waals surface area contributed by atoms with Crippen LogP contribution in [0.4, 0.5) is 0 Å². The molecular formula is C13H17NO4S. The number of aryl methyl sites for hydroxylation is 1. The van der Waals surface area contributed by atoms with Gasteiger partial charge in [-0.3, -0.25) is 0 Å². The maximum absolute atomic E-state index is 11.4. The second-order valence-corrected chi connectivity index (χ2v) is 7.46. The molecule has 6 heteroatoms. The molecule has 0 spiro atoms. The Bertz CT molecular complexity index is 599. The fourth-order valence-corrected chi connectivity index (χ4v) is 4.45. The van der Waals surface area contributed by atoms with Crippen molar-refractivity contribution >= 4 is 9.84 Å². The molecule has 2 unspecified atom stereocenters. The number of aliphatic hydroxyl groups excluding tert-OH is 1. The van der Waals surface area contributed by atoms with E-state index in [1.165, 1.54) is 0 Å². The molecular weight excluding hydrogens is 266 g/mol. The van der Waals surface area contributed by atoms with Crippen LogP contribution in [0.3, 0.4) is 0 Å². The molecule has 2 aliphatic rings. The highest BCUT2D eigenvalue weighted by Gasteiger charge is 2.38. The predicted octanol–water partition coefficient (Wildman–Crippen LogP) is 0.169. The molecule has 19 heavy (non-hydrogen) atoms. The Morgan fingerprint density at radius 1 is 1.32 bits per heavy atom. The normalized spacial score (nSPS) is 32.2. The fraction of sp³-hybridized carbons (Fsp3) is 0.538. The topological polar surface area (TPSA) is 89.6 Å². The molecule has 1 aliphatic carbocycles. The lowest BCUT2D eigenvalue weighted by atomic mass is 10.1. The Balaban J connectivity index is 1.78. The van der Waals surface area contributed by atoms with E-state index in [2.05, 4.69) is 0 Å². The number of hydrogen-bond donors (Lipinski definition) is 2. The zero-order valence-corrected chi connectivity index (χ0v) is 11.3. The van der Waals surface area contributed by atoms with Gasteiger partial charge >= 0.3 is 0 Å². The molecule has 3 N–H and O–H groups in total. The van der Waals surface area contributed by atoms with Crippen LogP contribution in [0.1, 0.15) is 23.6 Å². The van der Waals surface area contributed by atoms with E-state index in [9.17, 15) is 13.5 Å². The highest BCUT2D eigenvalue weighted by Crippen LogP contribution is 2.32. The lowest BCUT2D eigenvalue weighted by Crippen LogP contribution is -2.29. The molecule has 0 radical (unpaired) electrons. The molecule has 1 aromatic carbocycles. The van der Waals surface area contributed by atoms with Crippen LogP contribution in [-0.4, -0.2) is 37.2 Å². The predicted molar refractivity (Wildman–Crippen MR) is 70.8 cm³/mol. The Morgan fingerprint density at radius 3 is 2.79 bits per heavy atom. The van der Waals surface area contributed by atoms with Crippen LogP contribution in [0.15, 0.2) is 18.2 Å². The lowest BCUT2D eigenvalue weighted by molar-refractivity contribution is 0.0737. The fourth-order valence-electron chi connectivity index (χ4n) is 2.78. The Morgan fingerprint density at radius 2 is 2.11 bits per heavy atom. The summed E-state index contributed by atoms with van der Waals surface area (Å²) in [6.45, 7) is 0. The van der Waals surface area contributed by atoms with Crippen LogP contribution >= 0.6 is 0 Å². The molecule has 0 amide bonds. The highest BCUT2D eigenvalue weighted by atomic mass is 32.2. The van der Waals surface area contributed by atoms with Crippen molar-refractivity contribution in [2.75, 3.05) is 11.5 Å². The van der Waals surface area contributed by atoms with Crippen LogP contribution in [-0.2, 0) is 16.3 Å². The van der Waals surface area contributed by atoms with E-state index >= 15 is 0 Å². The van der Waals surface area contributed by atoms with Gasteiger partial charge in [-0.1, -0.05) is 6.07 Å².